The van der Waals surface area contributed by atoms with Gasteiger partial charge in [0.1, 0.15) is 11.4 Å². The van der Waals surface area contributed by atoms with Crippen LogP contribution in [-0.2, 0) is 0 Å². The fourth-order valence-corrected chi connectivity index (χ4v) is 3.06. The lowest BCUT2D eigenvalue weighted by Crippen LogP contribution is -2.27. The van der Waals surface area contributed by atoms with E-state index in [-0.39, 0.29) is 17.2 Å². The SMILES string of the molecule is O=C(c1cc(-c2nn[nH]c2-c2cccc(F)c2F)c[nH]1)N1CCCC1. The van der Waals surface area contributed by atoms with Gasteiger partial charge in [-0.1, -0.05) is 11.3 Å². The molecule has 0 radical (unpaired) electrons. The predicted molar refractivity (Wildman–Crippen MR) is 86.7 cm³/mol. The number of carbonyl (C=O) groups is 1. The number of rotatable bonds is 3. The van der Waals surface area contributed by atoms with Gasteiger partial charge in [0.15, 0.2) is 11.6 Å². The molecule has 0 unspecified atom stereocenters. The van der Waals surface area contributed by atoms with Crippen LogP contribution in [0.3, 0.4) is 0 Å². The van der Waals surface area contributed by atoms with E-state index in [0.717, 1.165) is 32.0 Å². The van der Waals surface area contributed by atoms with Crippen molar-refractivity contribution in [1.29, 1.82) is 0 Å². The van der Waals surface area contributed by atoms with Crippen molar-refractivity contribution in [3.8, 4) is 22.5 Å². The predicted octanol–water partition coefficient (Wildman–Crippen LogP) is 2.98. The molecule has 0 atom stereocenters. The number of nitrogens with zero attached hydrogens (tertiary/aromatic N) is 3. The number of nitrogens with one attached hydrogen (secondary N) is 2. The van der Waals surface area contributed by atoms with E-state index in [1.165, 1.54) is 12.1 Å². The number of carbonyl (C=O) groups excluding carboxylic acids is 1. The third-order valence-corrected chi connectivity index (χ3v) is 4.35. The van der Waals surface area contributed by atoms with Crippen LogP contribution in [0.1, 0.15) is 23.3 Å². The summed E-state index contributed by atoms with van der Waals surface area (Å²) in [6.45, 7) is 1.49. The zero-order valence-corrected chi connectivity index (χ0v) is 13.2. The molecule has 1 aliphatic rings. The summed E-state index contributed by atoms with van der Waals surface area (Å²) >= 11 is 0. The van der Waals surface area contributed by atoms with Crippen LogP contribution in [0, 0.1) is 11.6 Å². The fourth-order valence-electron chi connectivity index (χ4n) is 3.06. The first kappa shape index (κ1) is 15.5. The van der Waals surface area contributed by atoms with E-state index in [9.17, 15) is 13.6 Å². The van der Waals surface area contributed by atoms with Gasteiger partial charge >= 0.3 is 0 Å². The summed E-state index contributed by atoms with van der Waals surface area (Å²) in [5.74, 6) is -2.00. The van der Waals surface area contributed by atoms with E-state index >= 15 is 0 Å². The maximum Gasteiger partial charge on any atom is 0.270 e. The Kier molecular flexibility index (Phi) is 3.79. The Balaban J connectivity index is 1.69. The first-order valence-electron chi connectivity index (χ1n) is 7.98. The molecule has 1 saturated heterocycles. The molecule has 128 valence electrons. The molecule has 2 aromatic heterocycles. The molecule has 4 rings (SSSR count). The number of amides is 1. The van der Waals surface area contributed by atoms with E-state index in [4.69, 9.17) is 0 Å². The molecule has 6 nitrogen and oxygen atoms in total. The first-order chi connectivity index (χ1) is 12.1. The lowest BCUT2D eigenvalue weighted by molar-refractivity contribution is 0.0788. The third kappa shape index (κ3) is 2.69. The van der Waals surface area contributed by atoms with Gasteiger partial charge in [0.25, 0.3) is 5.91 Å². The molecule has 2 N–H and O–H groups in total. The second-order valence-corrected chi connectivity index (χ2v) is 5.94. The van der Waals surface area contributed by atoms with Crippen LogP contribution in [0.25, 0.3) is 22.5 Å². The van der Waals surface area contributed by atoms with Crippen LogP contribution in [0.4, 0.5) is 8.78 Å². The van der Waals surface area contributed by atoms with Crippen LogP contribution in [0.15, 0.2) is 30.5 Å². The van der Waals surface area contributed by atoms with Crippen molar-refractivity contribution in [2.75, 3.05) is 13.1 Å². The summed E-state index contributed by atoms with van der Waals surface area (Å²) in [7, 11) is 0. The number of H-pyrrole nitrogens is 2. The highest BCUT2D eigenvalue weighted by Gasteiger charge is 2.23. The minimum Gasteiger partial charge on any atom is -0.357 e. The molecule has 3 heterocycles. The smallest absolute Gasteiger partial charge is 0.270 e. The lowest BCUT2D eigenvalue weighted by atomic mass is 10.1. The van der Waals surface area contributed by atoms with Gasteiger partial charge in [-0.15, -0.1) is 5.10 Å². The maximum atomic E-state index is 14.1. The highest BCUT2D eigenvalue weighted by Crippen LogP contribution is 2.31. The fraction of sp³-hybridized carbons (Fsp3) is 0.235. The Morgan fingerprint density at radius 1 is 1.20 bits per heavy atom. The molecule has 0 spiro atoms. The summed E-state index contributed by atoms with van der Waals surface area (Å²) in [4.78, 5) is 17.1. The van der Waals surface area contributed by atoms with Crippen LogP contribution < -0.4 is 0 Å². The van der Waals surface area contributed by atoms with Gasteiger partial charge in [-0.05, 0) is 31.0 Å². The normalized spacial score (nSPS) is 14.2. The van der Waals surface area contributed by atoms with Gasteiger partial charge in [0, 0.05) is 30.4 Å². The van der Waals surface area contributed by atoms with Crippen LogP contribution in [0.5, 0.6) is 0 Å². The largest absolute Gasteiger partial charge is 0.357 e. The van der Waals surface area contributed by atoms with Gasteiger partial charge in [-0.2, -0.15) is 0 Å². The number of aromatic amines is 2. The lowest BCUT2D eigenvalue weighted by Gasteiger charge is -2.13. The molecular weight excluding hydrogens is 328 g/mol. The average molecular weight is 343 g/mol. The molecule has 1 fully saturated rings. The van der Waals surface area contributed by atoms with E-state index in [0.29, 0.717) is 17.0 Å². The minimum absolute atomic E-state index is 0.0358. The van der Waals surface area contributed by atoms with Gasteiger partial charge in [-0.25, -0.2) is 8.78 Å². The van der Waals surface area contributed by atoms with Crippen molar-refractivity contribution < 1.29 is 13.6 Å². The molecule has 0 saturated carbocycles. The van der Waals surface area contributed by atoms with Gasteiger partial charge in [0.2, 0.25) is 0 Å². The summed E-state index contributed by atoms with van der Waals surface area (Å²) in [5, 5.41) is 10.3. The van der Waals surface area contributed by atoms with Gasteiger partial charge < -0.3 is 9.88 Å². The zero-order chi connectivity index (χ0) is 17.4. The standard InChI is InChI=1S/C17H15F2N5O/c18-12-5-3-4-11(14(12)19)16-15(21-23-22-16)10-8-13(20-9-10)17(25)24-6-1-2-7-24/h3-5,8-9,20H,1-2,6-7H2,(H,21,22,23). The second-order valence-electron chi connectivity index (χ2n) is 5.94. The van der Waals surface area contributed by atoms with Crippen molar-refractivity contribution in [2.24, 2.45) is 0 Å². The van der Waals surface area contributed by atoms with Crippen molar-refractivity contribution >= 4 is 5.91 Å². The number of likely N-dealkylation sites (tertiary alicyclic amines) is 1. The van der Waals surface area contributed by atoms with Crippen molar-refractivity contribution in [3.63, 3.8) is 0 Å². The second kappa shape index (κ2) is 6.12. The quantitative estimate of drug-likeness (QED) is 0.767. The third-order valence-electron chi connectivity index (χ3n) is 4.35. The summed E-state index contributed by atoms with van der Waals surface area (Å²) in [6, 6.07) is 5.56. The Hall–Kier alpha value is -3.03. The Morgan fingerprint density at radius 3 is 2.80 bits per heavy atom. The number of aromatic nitrogens is 4. The topological polar surface area (TPSA) is 77.7 Å². The Labute approximate surface area is 141 Å². The van der Waals surface area contributed by atoms with Gasteiger partial charge in [0.05, 0.1) is 5.69 Å². The summed E-state index contributed by atoms with van der Waals surface area (Å²) in [5.41, 5.74) is 1.66. The van der Waals surface area contributed by atoms with Crippen LogP contribution in [-0.4, -0.2) is 44.3 Å². The maximum absolute atomic E-state index is 14.1. The molecule has 8 heteroatoms. The average Bonchev–Trinajstić information content (AvgIpc) is 3.37. The molecule has 25 heavy (non-hydrogen) atoms. The Morgan fingerprint density at radius 2 is 2.00 bits per heavy atom. The van der Waals surface area contributed by atoms with Crippen molar-refractivity contribution in [1.82, 2.24) is 25.3 Å². The van der Waals surface area contributed by atoms with E-state index in [1.54, 1.807) is 17.2 Å². The van der Waals surface area contributed by atoms with Crippen LogP contribution >= 0.6 is 0 Å². The number of hydrogen-bond donors (Lipinski definition) is 2. The number of hydrogen-bond acceptors (Lipinski definition) is 3. The monoisotopic (exact) mass is 343 g/mol. The molecule has 0 bridgehead atoms. The van der Waals surface area contributed by atoms with Gasteiger partial charge in [-0.3, -0.25) is 9.89 Å². The summed E-state index contributed by atoms with van der Waals surface area (Å²) in [6.07, 6.45) is 3.62. The zero-order valence-electron chi connectivity index (χ0n) is 13.2. The van der Waals surface area contributed by atoms with E-state index in [2.05, 4.69) is 20.4 Å². The molecule has 0 aliphatic carbocycles. The number of benzene rings is 1. The van der Waals surface area contributed by atoms with Crippen molar-refractivity contribution in [3.05, 3.63) is 47.8 Å². The van der Waals surface area contributed by atoms with Crippen molar-refractivity contribution in [2.45, 2.75) is 12.8 Å². The highest BCUT2D eigenvalue weighted by molar-refractivity contribution is 5.94. The summed E-state index contributed by atoms with van der Waals surface area (Å²) < 4.78 is 27.6. The first-order valence-corrected chi connectivity index (χ1v) is 7.98. The Bertz CT molecular complexity index is 927. The minimum atomic E-state index is -0.973. The highest BCUT2D eigenvalue weighted by atomic mass is 19.2. The molecular formula is C17H15F2N5O. The number of halogens is 2. The van der Waals surface area contributed by atoms with E-state index < -0.39 is 11.6 Å². The van der Waals surface area contributed by atoms with E-state index in [1.807, 2.05) is 0 Å². The molecule has 3 aromatic rings. The molecule has 1 aliphatic heterocycles. The molecule has 1 aromatic carbocycles. The van der Waals surface area contributed by atoms with Crippen LogP contribution in [0.2, 0.25) is 0 Å². The molecule has 1 amide bonds.